The van der Waals surface area contributed by atoms with E-state index in [9.17, 15) is 21.6 Å². The molecule has 0 fully saturated rings. The van der Waals surface area contributed by atoms with Crippen molar-refractivity contribution in [3.8, 4) is 5.75 Å². The quantitative estimate of drug-likeness (QED) is 0.704. The highest BCUT2D eigenvalue weighted by molar-refractivity contribution is 7.90. The molecule has 0 heterocycles. The van der Waals surface area contributed by atoms with Gasteiger partial charge in [-0.2, -0.15) is 0 Å². The normalized spacial score (nSPS) is 13.2. The summed E-state index contributed by atoms with van der Waals surface area (Å²) in [5.41, 5.74) is 0.867. The fourth-order valence-corrected chi connectivity index (χ4v) is 4.29. The van der Waals surface area contributed by atoms with Crippen molar-refractivity contribution in [1.82, 2.24) is 9.62 Å². The topological polar surface area (TPSA) is 110 Å². The van der Waals surface area contributed by atoms with Gasteiger partial charge in [-0.15, -0.1) is 0 Å². The molecule has 1 amide bonds. The second-order valence-electron chi connectivity index (χ2n) is 6.69. The summed E-state index contributed by atoms with van der Waals surface area (Å²) in [4.78, 5) is 12.7. The van der Waals surface area contributed by atoms with Crippen LogP contribution < -0.4 is 10.1 Å². The highest BCUT2D eigenvalue weighted by Gasteiger charge is 2.24. The molecule has 29 heavy (non-hydrogen) atoms. The van der Waals surface area contributed by atoms with Crippen molar-refractivity contribution in [2.45, 2.75) is 22.8 Å². The fraction of sp³-hybridized carbons (Fsp3) is 0.316. The van der Waals surface area contributed by atoms with Crippen LogP contribution in [-0.4, -0.2) is 54.5 Å². The Morgan fingerprint density at radius 3 is 2.10 bits per heavy atom. The van der Waals surface area contributed by atoms with Crippen LogP contribution in [0.4, 0.5) is 0 Å². The summed E-state index contributed by atoms with van der Waals surface area (Å²) >= 11 is 0. The predicted molar refractivity (Wildman–Crippen MR) is 109 cm³/mol. The number of nitrogens with one attached hydrogen (secondary N) is 1. The minimum Gasteiger partial charge on any atom is -0.495 e. The molecule has 0 saturated carbocycles. The van der Waals surface area contributed by atoms with E-state index in [-0.39, 0.29) is 21.1 Å². The molecule has 0 spiro atoms. The van der Waals surface area contributed by atoms with Crippen molar-refractivity contribution in [3.63, 3.8) is 0 Å². The number of nitrogens with zero attached hydrogens (tertiary/aromatic N) is 1. The van der Waals surface area contributed by atoms with Crippen LogP contribution in [-0.2, 0) is 19.9 Å². The van der Waals surface area contributed by atoms with Crippen LogP contribution in [0.2, 0.25) is 0 Å². The number of sulfonamides is 1. The van der Waals surface area contributed by atoms with E-state index >= 15 is 0 Å². The van der Waals surface area contributed by atoms with Gasteiger partial charge in [0.25, 0.3) is 5.91 Å². The molecule has 2 aromatic carbocycles. The average Bonchev–Trinajstić information content (AvgIpc) is 2.66. The van der Waals surface area contributed by atoms with Gasteiger partial charge in [-0.25, -0.2) is 21.1 Å². The number of hydrogen-bond acceptors (Lipinski definition) is 6. The average molecular weight is 441 g/mol. The van der Waals surface area contributed by atoms with Crippen molar-refractivity contribution in [1.29, 1.82) is 0 Å². The Morgan fingerprint density at radius 1 is 1.03 bits per heavy atom. The zero-order chi connectivity index (χ0) is 22.0. The minimum atomic E-state index is -3.80. The first-order valence-corrected chi connectivity index (χ1v) is 11.9. The van der Waals surface area contributed by atoms with Gasteiger partial charge in [0.2, 0.25) is 10.0 Å². The van der Waals surface area contributed by atoms with Crippen molar-refractivity contribution in [3.05, 3.63) is 53.6 Å². The maximum atomic E-state index is 12.6. The summed E-state index contributed by atoms with van der Waals surface area (Å²) in [5, 5.41) is 2.78. The third-order valence-electron chi connectivity index (χ3n) is 4.34. The van der Waals surface area contributed by atoms with Gasteiger partial charge >= 0.3 is 0 Å². The van der Waals surface area contributed by atoms with Crippen LogP contribution in [0.5, 0.6) is 5.75 Å². The number of benzene rings is 2. The maximum Gasteiger partial charge on any atom is 0.251 e. The van der Waals surface area contributed by atoms with E-state index in [1.165, 1.54) is 51.5 Å². The molecule has 2 rings (SSSR count). The van der Waals surface area contributed by atoms with Crippen molar-refractivity contribution in [2.75, 3.05) is 27.5 Å². The van der Waals surface area contributed by atoms with Crippen LogP contribution in [0.25, 0.3) is 0 Å². The van der Waals surface area contributed by atoms with Gasteiger partial charge in [-0.1, -0.05) is 12.1 Å². The molecule has 0 saturated heterocycles. The second-order valence-corrected chi connectivity index (χ2v) is 10.8. The zero-order valence-electron chi connectivity index (χ0n) is 16.8. The highest BCUT2D eigenvalue weighted by Crippen LogP contribution is 2.27. The van der Waals surface area contributed by atoms with Gasteiger partial charge in [0.1, 0.15) is 10.6 Å². The van der Waals surface area contributed by atoms with E-state index in [0.29, 0.717) is 5.56 Å². The maximum absolute atomic E-state index is 12.6. The monoisotopic (exact) mass is 440 g/mol. The van der Waals surface area contributed by atoms with E-state index in [2.05, 4.69) is 5.32 Å². The van der Waals surface area contributed by atoms with Crippen LogP contribution in [0, 0.1) is 0 Å². The van der Waals surface area contributed by atoms with E-state index in [1.54, 1.807) is 19.1 Å². The Hall–Kier alpha value is -2.43. The Bertz CT molecular complexity index is 1110. The molecule has 2 aromatic rings. The summed E-state index contributed by atoms with van der Waals surface area (Å²) in [6.07, 6.45) is 1.12. The van der Waals surface area contributed by atoms with Gasteiger partial charge in [0.15, 0.2) is 9.84 Å². The molecule has 0 aliphatic heterocycles. The number of hydrogen-bond donors (Lipinski definition) is 1. The third kappa shape index (κ3) is 5.14. The van der Waals surface area contributed by atoms with Crippen LogP contribution in [0.15, 0.2) is 52.3 Å². The summed E-state index contributed by atoms with van der Waals surface area (Å²) in [5.74, 6) is -0.331. The molecular formula is C19H24N2O6S2. The number of amides is 1. The van der Waals surface area contributed by atoms with Gasteiger partial charge in [-0.05, 0) is 42.8 Å². The van der Waals surface area contributed by atoms with E-state index < -0.39 is 31.8 Å². The van der Waals surface area contributed by atoms with E-state index in [1.807, 2.05) is 0 Å². The summed E-state index contributed by atoms with van der Waals surface area (Å²) < 4.78 is 54.3. The molecular weight excluding hydrogens is 416 g/mol. The lowest BCUT2D eigenvalue weighted by Gasteiger charge is -2.17. The Kier molecular flexibility index (Phi) is 6.71. The Morgan fingerprint density at radius 2 is 1.62 bits per heavy atom. The van der Waals surface area contributed by atoms with Gasteiger partial charge in [0, 0.05) is 25.9 Å². The number of carbonyl (C=O) groups is 1. The number of sulfone groups is 1. The summed E-state index contributed by atoms with van der Waals surface area (Å²) in [6, 6.07) is 9.94. The van der Waals surface area contributed by atoms with Gasteiger partial charge in [-0.3, -0.25) is 4.79 Å². The lowest BCUT2D eigenvalue weighted by molar-refractivity contribution is 0.0939. The molecule has 0 bridgehead atoms. The molecule has 10 heteroatoms. The molecule has 1 unspecified atom stereocenters. The number of carbonyl (C=O) groups excluding carboxylic acids is 1. The number of methoxy groups -OCH3 is 1. The van der Waals surface area contributed by atoms with Crippen LogP contribution in [0.1, 0.15) is 28.9 Å². The molecule has 0 radical (unpaired) electrons. The first-order chi connectivity index (χ1) is 13.4. The van der Waals surface area contributed by atoms with Crippen molar-refractivity contribution < 1.29 is 26.4 Å². The molecule has 0 aliphatic carbocycles. The molecule has 158 valence electrons. The minimum absolute atomic E-state index is 0.109. The SMILES string of the molecule is COc1ccc(C(=O)NC(C)c2ccc(S(C)(=O)=O)cc2)cc1S(=O)(=O)N(C)C. The Balaban J connectivity index is 2.29. The van der Waals surface area contributed by atoms with Gasteiger partial charge < -0.3 is 10.1 Å². The standard InChI is InChI=1S/C19H24N2O6S2/c1-13(14-6-9-16(10-7-14)28(5,23)24)20-19(22)15-8-11-17(27-4)18(12-15)29(25,26)21(2)3/h6-13H,1-5H3,(H,20,22). The first kappa shape index (κ1) is 22.9. The van der Waals surface area contributed by atoms with E-state index in [4.69, 9.17) is 4.74 Å². The van der Waals surface area contributed by atoms with Crippen LogP contribution >= 0.6 is 0 Å². The summed E-state index contributed by atoms with van der Waals surface area (Å²) in [6.45, 7) is 1.74. The summed E-state index contributed by atoms with van der Waals surface area (Å²) in [7, 11) is -2.97. The molecule has 1 N–H and O–H groups in total. The fourth-order valence-electron chi connectivity index (χ4n) is 2.58. The molecule has 0 aliphatic rings. The second kappa shape index (κ2) is 8.52. The molecule has 0 aromatic heterocycles. The Labute approximate surface area is 171 Å². The molecule has 8 nitrogen and oxygen atoms in total. The lowest BCUT2D eigenvalue weighted by atomic mass is 10.1. The smallest absolute Gasteiger partial charge is 0.251 e. The molecule has 1 atom stereocenters. The first-order valence-electron chi connectivity index (χ1n) is 8.59. The van der Waals surface area contributed by atoms with E-state index in [0.717, 1.165) is 10.6 Å². The van der Waals surface area contributed by atoms with Crippen LogP contribution in [0.3, 0.4) is 0 Å². The van der Waals surface area contributed by atoms with Gasteiger partial charge in [0.05, 0.1) is 18.0 Å². The number of ether oxygens (including phenoxy) is 1. The van der Waals surface area contributed by atoms with Crippen molar-refractivity contribution in [2.24, 2.45) is 0 Å². The zero-order valence-corrected chi connectivity index (χ0v) is 18.5. The highest BCUT2D eigenvalue weighted by atomic mass is 32.2. The largest absolute Gasteiger partial charge is 0.495 e. The predicted octanol–water partition coefficient (Wildman–Crippen LogP) is 1.84. The van der Waals surface area contributed by atoms with Crippen molar-refractivity contribution >= 4 is 25.8 Å². The third-order valence-corrected chi connectivity index (χ3v) is 7.31. The lowest BCUT2D eigenvalue weighted by Crippen LogP contribution is -2.27. The number of rotatable bonds is 7.